The highest BCUT2D eigenvalue weighted by atomic mass is 19.4. The second-order valence-corrected chi connectivity index (χ2v) is 5.96. The van der Waals surface area contributed by atoms with Crippen molar-refractivity contribution in [2.45, 2.75) is 19.3 Å². The lowest BCUT2D eigenvalue weighted by atomic mass is 10.2. The van der Waals surface area contributed by atoms with Crippen LogP contribution in [0.3, 0.4) is 0 Å². The van der Waals surface area contributed by atoms with Crippen LogP contribution in [0.1, 0.15) is 5.82 Å². The van der Waals surface area contributed by atoms with Gasteiger partial charge in [0.2, 0.25) is 0 Å². The topological polar surface area (TPSA) is 48.5 Å². The van der Waals surface area contributed by atoms with Crippen molar-refractivity contribution in [1.82, 2.24) is 24.1 Å². The summed E-state index contributed by atoms with van der Waals surface area (Å²) in [5.74, 6) is 0.209. The lowest BCUT2D eigenvalue weighted by Crippen LogP contribution is -2.21. The van der Waals surface area contributed by atoms with Gasteiger partial charge in [-0.3, -0.25) is 0 Å². The first kappa shape index (κ1) is 17.2. The number of imidazole rings is 2. The number of hydrogen-bond donors (Lipinski definition) is 0. The first-order valence-electron chi connectivity index (χ1n) is 8.05. The average molecular weight is 375 g/mol. The Morgan fingerprint density at radius 1 is 1.00 bits per heavy atom. The first-order chi connectivity index (χ1) is 12.9. The van der Waals surface area contributed by atoms with E-state index < -0.39 is 18.5 Å². The summed E-state index contributed by atoms with van der Waals surface area (Å²) in [5, 5.41) is 0. The molecule has 0 aliphatic rings. The molecular weight excluding hydrogens is 362 g/mol. The maximum Gasteiger partial charge on any atom is 0.406 e. The van der Waals surface area contributed by atoms with E-state index >= 15 is 0 Å². The van der Waals surface area contributed by atoms with Gasteiger partial charge in [-0.25, -0.2) is 19.3 Å². The van der Waals surface area contributed by atoms with E-state index in [1.165, 1.54) is 24.5 Å². The standard InChI is InChI=1S/C18H13F4N5/c19-13-4-1-3-12(9-13)16-24-7-8-26(16)10-15-25-14-5-2-6-23-17(14)27(15)11-18(20,21)22/h1-9H,10-11H2. The lowest BCUT2D eigenvalue weighted by molar-refractivity contribution is -0.140. The molecule has 0 spiro atoms. The van der Waals surface area contributed by atoms with Gasteiger partial charge < -0.3 is 9.13 Å². The zero-order valence-corrected chi connectivity index (χ0v) is 13.9. The monoisotopic (exact) mass is 375 g/mol. The number of halogens is 4. The molecule has 3 aromatic heterocycles. The van der Waals surface area contributed by atoms with Crippen molar-refractivity contribution in [3.63, 3.8) is 0 Å². The van der Waals surface area contributed by atoms with Gasteiger partial charge in [-0.05, 0) is 24.3 Å². The molecule has 0 unspecified atom stereocenters. The Morgan fingerprint density at radius 3 is 2.63 bits per heavy atom. The van der Waals surface area contributed by atoms with Crippen molar-refractivity contribution in [3.05, 3.63) is 66.6 Å². The SMILES string of the molecule is Fc1cccc(-c2nccn2Cc2nc3cccnc3n2CC(F)(F)F)c1. The van der Waals surface area contributed by atoms with E-state index in [0.29, 0.717) is 16.9 Å². The largest absolute Gasteiger partial charge is 0.406 e. The zero-order valence-electron chi connectivity index (χ0n) is 13.9. The molecule has 138 valence electrons. The molecule has 4 aromatic rings. The Hall–Kier alpha value is -3.23. The number of nitrogens with zero attached hydrogens (tertiary/aromatic N) is 5. The summed E-state index contributed by atoms with van der Waals surface area (Å²) in [4.78, 5) is 12.5. The summed E-state index contributed by atoms with van der Waals surface area (Å²) >= 11 is 0. The maximum absolute atomic E-state index is 13.5. The van der Waals surface area contributed by atoms with Crippen LogP contribution in [0, 0.1) is 5.82 Å². The van der Waals surface area contributed by atoms with Gasteiger partial charge in [0.25, 0.3) is 0 Å². The van der Waals surface area contributed by atoms with Crippen LogP contribution in [-0.4, -0.2) is 30.3 Å². The second-order valence-electron chi connectivity index (χ2n) is 5.96. The Labute approximate surface area is 150 Å². The summed E-state index contributed by atoms with van der Waals surface area (Å²) in [6.07, 6.45) is 0.135. The van der Waals surface area contributed by atoms with Crippen molar-refractivity contribution < 1.29 is 17.6 Å². The summed E-state index contributed by atoms with van der Waals surface area (Å²) in [7, 11) is 0. The lowest BCUT2D eigenvalue weighted by Gasteiger charge is -2.13. The quantitative estimate of drug-likeness (QED) is 0.506. The van der Waals surface area contributed by atoms with Crippen molar-refractivity contribution >= 4 is 11.2 Å². The summed E-state index contributed by atoms with van der Waals surface area (Å²) in [6.45, 7) is -1.15. The number of pyridine rings is 1. The third-order valence-corrected chi connectivity index (χ3v) is 4.03. The van der Waals surface area contributed by atoms with Crippen molar-refractivity contribution in [1.29, 1.82) is 0 Å². The van der Waals surface area contributed by atoms with Gasteiger partial charge in [-0.15, -0.1) is 0 Å². The van der Waals surface area contributed by atoms with Gasteiger partial charge in [0.15, 0.2) is 5.65 Å². The molecular formula is C18H13F4N5. The Bertz CT molecular complexity index is 1100. The molecule has 1 aromatic carbocycles. The number of aromatic nitrogens is 5. The van der Waals surface area contributed by atoms with E-state index in [-0.39, 0.29) is 18.0 Å². The third-order valence-electron chi connectivity index (χ3n) is 4.03. The highest BCUT2D eigenvalue weighted by molar-refractivity contribution is 5.71. The first-order valence-corrected chi connectivity index (χ1v) is 8.05. The Kier molecular flexibility index (Phi) is 4.14. The van der Waals surface area contributed by atoms with E-state index in [1.54, 1.807) is 35.0 Å². The molecule has 0 radical (unpaired) electrons. The smallest absolute Gasteiger partial charge is 0.323 e. The van der Waals surface area contributed by atoms with Gasteiger partial charge in [0.1, 0.15) is 29.5 Å². The molecule has 0 fully saturated rings. The summed E-state index contributed by atoms with van der Waals surface area (Å²) in [6, 6.07) is 9.09. The van der Waals surface area contributed by atoms with E-state index in [2.05, 4.69) is 15.0 Å². The summed E-state index contributed by atoms with van der Waals surface area (Å²) in [5.41, 5.74) is 1.07. The highest BCUT2D eigenvalue weighted by Gasteiger charge is 2.30. The van der Waals surface area contributed by atoms with Gasteiger partial charge >= 0.3 is 6.18 Å². The van der Waals surface area contributed by atoms with Gasteiger partial charge in [0.05, 0.1) is 6.54 Å². The fourth-order valence-corrected chi connectivity index (χ4v) is 2.95. The van der Waals surface area contributed by atoms with Crippen molar-refractivity contribution in [2.75, 3.05) is 0 Å². The fourth-order valence-electron chi connectivity index (χ4n) is 2.95. The van der Waals surface area contributed by atoms with Crippen LogP contribution in [0.4, 0.5) is 17.6 Å². The highest BCUT2D eigenvalue weighted by Crippen LogP contribution is 2.24. The minimum atomic E-state index is -4.42. The normalized spacial score (nSPS) is 12.0. The minimum absolute atomic E-state index is 0.0400. The van der Waals surface area contributed by atoms with E-state index in [4.69, 9.17) is 0 Å². The third kappa shape index (κ3) is 3.53. The van der Waals surface area contributed by atoms with E-state index in [0.717, 1.165) is 4.57 Å². The molecule has 0 saturated carbocycles. The number of benzene rings is 1. The molecule has 4 rings (SSSR count). The predicted molar refractivity (Wildman–Crippen MR) is 90.3 cm³/mol. The molecule has 0 saturated heterocycles. The number of hydrogen-bond acceptors (Lipinski definition) is 3. The van der Waals surface area contributed by atoms with E-state index in [9.17, 15) is 17.6 Å². The predicted octanol–water partition coefficient (Wildman–Crippen LogP) is 4.04. The van der Waals surface area contributed by atoms with Crippen molar-refractivity contribution in [2.24, 2.45) is 0 Å². The second kappa shape index (κ2) is 6.49. The molecule has 0 N–H and O–H groups in total. The summed E-state index contributed by atoms with van der Waals surface area (Å²) < 4.78 is 55.4. The van der Waals surface area contributed by atoms with Crippen LogP contribution in [0.2, 0.25) is 0 Å². The van der Waals surface area contributed by atoms with Crippen LogP contribution in [0.5, 0.6) is 0 Å². The fraction of sp³-hybridized carbons (Fsp3) is 0.167. The molecule has 0 amide bonds. The minimum Gasteiger partial charge on any atom is -0.323 e. The van der Waals surface area contributed by atoms with E-state index in [1.807, 2.05) is 0 Å². The maximum atomic E-state index is 13.5. The van der Waals surface area contributed by atoms with Crippen LogP contribution < -0.4 is 0 Å². The Balaban J connectivity index is 1.77. The average Bonchev–Trinajstić information content (AvgIpc) is 3.19. The van der Waals surface area contributed by atoms with Crippen molar-refractivity contribution in [3.8, 4) is 11.4 Å². The Morgan fingerprint density at radius 2 is 1.85 bits per heavy atom. The van der Waals surface area contributed by atoms with Crippen LogP contribution >= 0.6 is 0 Å². The molecule has 5 nitrogen and oxygen atoms in total. The molecule has 0 aliphatic heterocycles. The molecule has 0 aliphatic carbocycles. The number of rotatable bonds is 4. The molecule has 9 heteroatoms. The van der Waals surface area contributed by atoms with Crippen LogP contribution in [-0.2, 0) is 13.1 Å². The molecule has 27 heavy (non-hydrogen) atoms. The zero-order chi connectivity index (χ0) is 19.0. The molecule has 0 atom stereocenters. The van der Waals surface area contributed by atoms with Gasteiger partial charge in [-0.1, -0.05) is 12.1 Å². The van der Waals surface area contributed by atoms with Gasteiger partial charge in [0, 0.05) is 24.2 Å². The number of fused-ring (bicyclic) bond motifs is 1. The molecule has 0 bridgehead atoms. The number of alkyl halides is 3. The van der Waals surface area contributed by atoms with Crippen LogP contribution in [0.15, 0.2) is 55.0 Å². The molecule has 3 heterocycles. The van der Waals surface area contributed by atoms with Crippen LogP contribution in [0.25, 0.3) is 22.6 Å². The van der Waals surface area contributed by atoms with Gasteiger partial charge in [-0.2, -0.15) is 13.2 Å².